The van der Waals surface area contributed by atoms with Crippen molar-refractivity contribution in [2.45, 2.75) is 25.3 Å². The fourth-order valence-corrected chi connectivity index (χ4v) is 1.98. The van der Waals surface area contributed by atoms with E-state index in [1.54, 1.807) is 12.1 Å². The first-order valence-corrected chi connectivity index (χ1v) is 5.24. The fraction of sp³-hybridized carbons (Fsp3) is 0.417. The van der Waals surface area contributed by atoms with Crippen LogP contribution in [0.1, 0.15) is 36.4 Å². The van der Waals surface area contributed by atoms with Crippen LogP contribution >= 0.6 is 0 Å². The molecule has 1 aromatic carbocycles. The van der Waals surface area contributed by atoms with Gasteiger partial charge in [-0.15, -0.1) is 0 Å². The van der Waals surface area contributed by atoms with Gasteiger partial charge in [0.1, 0.15) is 11.9 Å². The lowest BCUT2D eigenvalue weighted by molar-refractivity contribution is 0.412. The summed E-state index contributed by atoms with van der Waals surface area (Å²) in [4.78, 5) is 0. The van der Waals surface area contributed by atoms with E-state index in [0.29, 0.717) is 0 Å². The first-order chi connectivity index (χ1) is 7.31. The maximum atomic E-state index is 13.1. The van der Waals surface area contributed by atoms with E-state index in [1.165, 1.54) is 18.9 Å². The van der Waals surface area contributed by atoms with Gasteiger partial charge in [-0.1, -0.05) is 12.5 Å². The van der Waals surface area contributed by atoms with Gasteiger partial charge in [-0.3, -0.25) is 0 Å². The summed E-state index contributed by atoms with van der Waals surface area (Å²) >= 11 is 0. The summed E-state index contributed by atoms with van der Waals surface area (Å²) in [5.41, 5.74) is 1.16. The topological polar surface area (TPSA) is 35.8 Å². The van der Waals surface area contributed by atoms with E-state index in [9.17, 15) is 4.39 Å². The molecule has 1 N–H and O–H groups in total. The van der Waals surface area contributed by atoms with E-state index in [-0.39, 0.29) is 11.6 Å². The van der Waals surface area contributed by atoms with Crippen molar-refractivity contribution in [3.05, 3.63) is 35.1 Å². The third-order valence-electron chi connectivity index (χ3n) is 2.82. The summed E-state index contributed by atoms with van der Waals surface area (Å²) in [6.45, 7) is 1.00. The van der Waals surface area contributed by atoms with E-state index in [1.807, 2.05) is 6.07 Å². The number of nitrogens with zero attached hydrogens (tertiary/aromatic N) is 1. The van der Waals surface area contributed by atoms with Gasteiger partial charge < -0.3 is 5.32 Å². The number of rotatable bonds is 1. The standard InChI is InChI=1S/C12H13FN2/c13-11-5-4-9(7-10(11)8-14)12-3-1-2-6-15-12/h4-5,7,12,15H,1-3,6H2/t12-/m0/s1. The van der Waals surface area contributed by atoms with E-state index in [0.717, 1.165) is 18.5 Å². The van der Waals surface area contributed by atoms with Gasteiger partial charge in [-0.25, -0.2) is 4.39 Å². The molecule has 0 spiro atoms. The summed E-state index contributed by atoms with van der Waals surface area (Å²) < 4.78 is 13.1. The lowest BCUT2D eigenvalue weighted by Crippen LogP contribution is -2.26. The first-order valence-electron chi connectivity index (χ1n) is 5.24. The Labute approximate surface area is 88.7 Å². The van der Waals surface area contributed by atoms with Crippen LogP contribution in [0, 0.1) is 17.1 Å². The number of halogens is 1. The van der Waals surface area contributed by atoms with Gasteiger partial charge in [-0.2, -0.15) is 5.26 Å². The Balaban J connectivity index is 2.25. The molecule has 0 bridgehead atoms. The average Bonchev–Trinajstić information content (AvgIpc) is 2.31. The van der Waals surface area contributed by atoms with E-state index < -0.39 is 5.82 Å². The zero-order valence-corrected chi connectivity index (χ0v) is 8.46. The predicted octanol–water partition coefficient (Wildman–Crippen LogP) is 2.51. The van der Waals surface area contributed by atoms with Crippen LogP contribution in [-0.2, 0) is 0 Å². The number of nitrogens with one attached hydrogen (secondary N) is 1. The number of nitriles is 1. The van der Waals surface area contributed by atoms with Gasteiger partial charge in [0.05, 0.1) is 5.56 Å². The van der Waals surface area contributed by atoms with Gasteiger partial charge in [-0.05, 0) is 37.1 Å². The summed E-state index contributed by atoms with van der Waals surface area (Å²) in [6, 6.07) is 6.95. The third kappa shape index (κ3) is 2.16. The molecule has 1 aliphatic rings. The van der Waals surface area contributed by atoms with Crippen LogP contribution in [0.5, 0.6) is 0 Å². The highest BCUT2D eigenvalue weighted by Crippen LogP contribution is 2.24. The Morgan fingerprint density at radius 2 is 2.27 bits per heavy atom. The Morgan fingerprint density at radius 1 is 1.40 bits per heavy atom. The summed E-state index contributed by atoms with van der Waals surface area (Å²) in [7, 11) is 0. The average molecular weight is 204 g/mol. The monoisotopic (exact) mass is 204 g/mol. The molecule has 0 amide bonds. The van der Waals surface area contributed by atoms with Crippen molar-refractivity contribution < 1.29 is 4.39 Å². The molecular weight excluding hydrogens is 191 g/mol. The minimum atomic E-state index is -0.433. The second-order valence-corrected chi connectivity index (χ2v) is 3.85. The smallest absolute Gasteiger partial charge is 0.140 e. The molecule has 0 unspecified atom stereocenters. The molecule has 15 heavy (non-hydrogen) atoms. The van der Waals surface area contributed by atoms with Gasteiger partial charge in [0, 0.05) is 6.04 Å². The molecule has 0 radical (unpaired) electrons. The number of piperidine rings is 1. The molecule has 0 aromatic heterocycles. The second-order valence-electron chi connectivity index (χ2n) is 3.85. The molecule has 78 valence electrons. The van der Waals surface area contributed by atoms with E-state index >= 15 is 0 Å². The number of benzene rings is 1. The Morgan fingerprint density at radius 3 is 2.93 bits per heavy atom. The molecule has 1 heterocycles. The van der Waals surface area contributed by atoms with Gasteiger partial charge in [0.15, 0.2) is 0 Å². The van der Waals surface area contributed by atoms with Crippen molar-refractivity contribution in [2.24, 2.45) is 0 Å². The zero-order chi connectivity index (χ0) is 10.7. The molecule has 1 saturated heterocycles. The molecule has 3 heteroatoms. The maximum absolute atomic E-state index is 13.1. The zero-order valence-electron chi connectivity index (χ0n) is 8.46. The largest absolute Gasteiger partial charge is 0.310 e. The predicted molar refractivity (Wildman–Crippen MR) is 55.7 cm³/mol. The molecule has 1 aromatic rings. The third-order valence-corrected chi connectivity index (χ3v) is 2.82. The lowest BCUT2D eigenvalue weighted by atomic mass is 9.96. The summed E-state index contributed by atoms with van der Waals surface area (Å²) in [5, 5.41) is 12.1. The van der Waals surface area contributed by atoms with Crippen LogP contribution in [0.3, 0.4) is 0 Å². The summed E-state index contributed by atoms with van der Waals surface area (Å²) in [6.07, 6.45) is 3.45. The minimum absolute atomic E-state index is 0.139. The molecule has 2 rings (SSSR count). The molecule has 1 fully saturated rings. The van der Waals surface area contributed by atoms with Crippen LogP contribution < -0.4 is 5.32 Å². The van der Waals surface area contributed by atoms with Crippen molar-refractivity contribution in [3.8, 4) is 6.07 Å². The van der Waals surface area contributed by atoms with Gasteiger partial charge >= 0.3 is 0 Å². The van der Waals surface area contributed by atoms with Crippen molar-refractivity contribution in [1.29, 1.82) is 5.26 Å². The number of hydrogen-bond donors (Lipinski definition) is 1. The highest BCUT2D eigenvalue weighted by molar-refractivity contribution is 5.35. The molecule has 1 aliphatic heterocycles. The van der Waals surface area contributed by atoms with E-state index in [2.05, 4.69) is 5.32 Å². The van der Waals surface area contributed by atoms with E-state index in [4.69, 9.17) is 5.26 Å². The van der Waals surface area contributed by atoms with Gasteiger partial charge in [0.25, 0.3) is 0 Å². The van der Waals surface area contributed by atoms with Crippen LogP contribution in [0.4, 0.5) is 4.39 Å². The van der Waals surface area contributed by atoms with Crippen molar-refractivity contribution in [1.82, 2.24) is 5.32 Å². The normalized spacial score (nSPS) is 20.9. The Bertz CT molecular complexity index is 389. The SMILES string of the molecule is N#Cc1cc([C@@H]2CCCCN2)ccc1F. The molecule has 0 aliphatic carbocycles. The maximum Gasteiger partial charge on any atom is 0.140 e. The van der Waals surface area contributed by atoms with Gasteiger partial charge in [0.2, 0.25) is 0 Å². The minimum Gasteiger partial charge on any atom is -0.310 e. The molecule has 1 atom stereocenters. The van der Waals surface area contributed by atoms with Crippen LogP contribution in [0.15, 0.2) is 18.2 Å². The van der Waals surface area contributed by atoms with Crippen LogP contribution in [0.2, 0.25) is 0 Å². The Kier molecular flexibility index (Phi) is 2.98. The first kappa shape index (κ1) is 10.1. The highest BCUT2D eigenvalue weighted by atomic mass is 19.1. The summed E-state index contributed by atoms with van der Waals surface area (Å²) in [5.74, 6) is -0.433. The second kappa shape index (κ2) is 4.41. The molecule has 2 nitrogen and oxygen atoms in total. The lowest BCUT2D eigenvalue weighted by Gasteiger charge is -2.23. The van der Waals surface area contributed by atoms with Crippen molar-refractivity contribution in [3.63, 3.8) is 0 Å². The number of hydrogen-bond acceptors (Lipinski definition) is 2. The van der Waals surface area contributed by atoms with Crippen LogP contribution in [-0.4, -0.2) is 6.54 Å². The van der Waals surface area contributed by atoms with Crippen LogP contribution in [0.25, 0.3) is 0 Å². The molecular formula is C12H13FN2. The quantitative estimate of drug-likeness (QED) is 0.763. The highest BCUT2D eigenvalue weighted by Gasteiger charge is 2.15. The molecule has 0 saturated carbocycles. The van der Waals surface area contributed by atoms with Crippen molar-refractivity contribution in [2.75, 3.05) is 6.54 Å². The fourth-order valence-electron chi connectivity index (χ4n) is 1.98. The van der Waals surface area contributed by atoms with Crippen molar-refractivity contribution >= 4 is 0 Å². The Hall–Kier alpha value is -1.40.